The van der Waals surface area contributed by atoms with Gasteiger partial charge in [-0.2, -0.15) is 0 Å². The van der Waals surface area contributed by atoms with E-state index in [9.17, 15) is 4.79 Å². The van der Waals surface area contributed by atoms with E-state index in [2.05, 4.69) is 25.9 Å². The number of halogens is 1. The van der Waals surface area contributed by atoms with E-state index >= 15 is 0 Å². The van der Waals surface area contributed by atoms with Crippen LogP contribution in [0.1, 0.15) is 10.5 Å². The third-order valence-corrected chi connectivity index (χ3v) is 2.29. The van der Waals surface area contributed by atoms with Crippen LogP contribution in [0.25, 0.3) is 0 Å². The van der Waals surface area contributed by atoms with Gasteiger partial charge in [0.25, 0.3) is 0 Å². The molecule has 1 aromatic rings. The van der Waals surface area contributed by atoms with Gasteiger partial charge in [-0.3, -0.25) is 4.79 Å². The van der Waals surface area contributed by atoms with Crippen LogP contribution in [-0.2, 0) is 0 Å². The topological polar surface area (TPSA) is 42.9 Å². The number of thioether (sulfide) groups is 1. The van der Waals surface area contributed by atoms with Crippen molar-refractivity contribution in [2.24, 2.45) is 0 Å². The quantitative estimate of drug-likeness (QED) is 0.353. The van der Waals surface area contributed by atoms with Crippen LogP contribution in [0.4, 0.5) is 0 Å². The molecule has 0 aliphatic rings. The van der Waals surface area contributed by atoms with E-state index in [-0.39, 0.29) is 5.78 Å². The van der Waals surface area contributed by atoms with E-state index in [1.165, 1.54) is 11.8 Å². The molecule has 64 valence electrons. The van der Waals surface area contributed by atoms with Crippen LogP contribution in [0, 0.1) is 0 Å². The van der Waals surface area contributed by atoms with Gasteiger partial charge in [0, 0.05) is 6.20 Å². The van der Waals surface area contributed by atoms with Gasteiger partial charge in [0.15, 0.2) is 10.9 Å². The maximum atomic E-state index is 11.1. The molecule has 0 fully saturated rings. The number of aromatic nitrogens is 2. The summed E-state index contributed by atoms with van der Waals surface area (Å²) in [5, 5.41) is 0.930. The lowest BCUT2D eigenvalue weighted by atomic mass is 10.3. The van der Waals surface area contributed by atoms with Crippen molar-refractivity contribution in [2.75, 3.05) is 11.6 Å². The molecular weight excluding hydrogens is 240 g/mol. The van der Waals surface area contributed by atoms with Crippen molar-refractivity contribution in [2.45, 2.75) is 5.16 Å². The van der Waals surface area contributed by atoms with E-state index in [1.807, 2.05) is 6.26 Å². The Morgan fingerprint density at radius 3 is 3.08 bits per heavy atom. The maximum absolute atomic E-state index is 11.1. The highest BCUT2D eigenvalue weighted by atomic mass is 79.9. The van der Waals surface area contributed by atoms with Crippen LogP contribution in [0.3, 0.4) is 0 Å². The van der Waals surface area contributed by atoms with E-state index in [1.54, 1.807) is 12.3 Å². The predicted octanol–water partition coefficient (Wildman–Crippen LogP) is 1.78. The monoisotopic (exact) mass is 246 g/mol. The number of rotatable bonds is 3. The summed E-state index contributed by atoms with van der Waals surface area (Å²) in [5.41, 5.74) is 0.464. The highest BCUT2D eigenvalue weighted by molar-refractivity contribution is 9.09. The number of hydrogen-bond acceptors (Lipinski definition) is 4. The number of carbonyl (C=O) groups excluding carboxylic acids is 1. The lowest BCUT2D eigenvalue weighted by Crippen LogP contribution is -2.04. The van der Waals surface area contributed by atoms with Crippen LogP contribution in [0.15, 0.2) is 17.4 Å². The molecule has 0 saturated heterocycles. The van der Waals surface area contributed by atoms with Crippen molar-refractivity contribution in [3.63, 3.8) is 0 Å². The zero-order valence-corrected chi connectivity index (χ0v) is 8.85. The van der Waals surface area contributed by atoms with E-state index in [0.717, 1.165) is 0 Å². The normalized spacial score (nSPS) is 9.83. The summed E-state index contributed by atoms with van der Waals surface area (Å²) >= 11 is 4.50. The van der Waals surface area contributed by atoms with Gasteiger partial charge >= 0.3 is 0 Å². The Balaban J connectivity index is 2.93. The SMILES string of the molecule is CSc1nccc(C(=O)CBr)n1. The van der Waals surface area contributed by atoms with Crippen molar-refractivity contribution in [3.8, 4) is 0 Å². The summed E-state index contributed by atoms with van der Waals surface area (Å²) in [6.07, 6.45) is 3.46. The molecule has 0 bridgehead atoms. The highest BCUT2D eigenvalue weighted by Gasteiger charge is 2.05. The van der Waals surface area contributed by atoms with Crippen LogP contribution >= 0.6 is 27.7 Å². The molecule has 0 radical (unpaired) electrons. The second-order valence-corrected chi connectivity index (χ2v) is 3.32. The lowest BCUT2D eigenvalue weighted by Gasteiger charge is -1.97. The Hall–Kier alpha value is -0.420. The summed E-state index contributed by atoms with van der Waals surface area (Å²) in [4.78, 5) is 19.1. The minimum atomic E-state index is -0.0206. The minimum absolute atomic E-state index is 0.0206. The first-order valence-corrected chi connectivity index (χ1v) is 5.58. The first-order valence-electron chi connectivity index (χ1n) is 3.24. The zero-order valence-electron chi connectivity index (χ0n) is 6.45. The molecule has 0 saturated carbocycles. The molecule has 0 spiro atoms. The summed E-state index contributed by atoms with van der Waals surface area (Å²) in [5.74, 6) is -0.0206. The number of carbonyl (C=O) groups is 1. The van der Waals surface area contributed by atoms with Gasteiger partial charge in [0.05, 0.1) is 5.33 Å². The van der Waals surface area contributed by atoms with Crippen molar-refractivity contribution in [1.29, 1.82) is 0 Å². The Kier molecular flexibility index (Phi) is 3.68. The highest BCUT2D eigenvalue weighted by Crippen LogP contribution is 2.08. The Labute approximate surface area is 83.1 Å². The summed E-state index contributed by atoms with van der Waals surface area (Å²) in [6, 6.07) is 1.61. The predicted molar refractivity (Wildman–Crippen MR) is 51.9 cm³/mol. The van der Waals surface area contributed by atoms with E-state index in [0.29, 0.717) is 16.2 Å². The van der Waals surface area contributed by atoms with Crippen molar-refractivity contribution in [3.05, 3.63) is 18.0 Å². The van der Waals surface area contributed by atoms with Gasteiger partial charge in [0.2, 0.25) is 0 Å². The average molecular weight is 247 g/mol. The molecular formula is C7H7BrN2OS. The van der Waals surface area contributed by atoms with Crippen molar-refractivity contribution >= 4 is 33.5 Å². The average Bonchev–Trinajstić information content (AvgIpc) is 2.17. The fourth-order valence-corrected chi connectivity index (χ4v) is 1.31. The van der Waals surface area contributed by atoms with Crippen LogP contribution < -0.4 is 0 Å². The summed E-state index contributed by atoms with van der Waals surface area (Å²) in [6.45, 7) is 0. The number of nitrogens with zero attached hydrogens (tertiary/aromatic N) is 2. The maximum Gasteiger partial charge on any atom is 0.191 e. The lowest BCUT2D eigenvalue weighted by molar-refractivity contribution is 0.101. The number of alkyl halides is 1. The van der Waals surface area contributed by atoms with Gasteiger partial charge in [-0.15, -0.1) is 0 Å². The van der Waals surface area contributed by atoms with E-state index in [4.69, 9.17) is 0 Å². The van der Waals surface area contributed by atoms with Crippen LogP contribution in [-0.4, -0.2) is 27.3 Å². The molecule has 0 amide bonds. The van der Waals surface area contributed by atoms with E-state index < -0.39 is 0 Å². The molecule has 12 heavy (non-hydrogen) atoms. The molecule has 5 heteroatoms. The molecule has 1 rings (SSSR count). The fraction of sp³-hybridized carbons (Fsp3) is 0.286. The third kappa shape index (κ3) is 2.28. The summed E-state index contributed by atoms with van der Waals surface area (Å²) < 4.78 is 0. The minimum Gasteiger partial charge on any atom is -0.291 e. The second kappa shape index (κ2) is 4.57. The molecule has 0 atom stereocenters. The van der Waals surface area contributed by atoms with Gasteiger partial charge in [-0.05, 0) is 12.3 Å². The molecule has 0 unspecified atom stereocenters. The first kappa shape index (κ1) is 9.67. The molecule has 0 aliphatic carbocycles. The van der Waals surface area contributed by atoms with Gasteiger partial charge in [-0.1, -0.05) is 27.7 Å². The molecule has 1 aromatic heterocycles. The Bertz CT molecular complexity index is 292. The Morgan fingerprint density at radius 1 is 1.75 bits per heavy atom. The molecule has 0 aromatic carbocycles. The molecule has 0 N–H and O–H groups in total. The fourth-order valence-electron chi connectivity index (χ4n) is 0.663. The van der Waals surface area contributed by atoms with Crippen LogP contribution in [0.5, 0.6) is 0 Å². The molecule has 0 aliphatic heterocycles. The first-order chi connectivity index (χ1) is 5.77. The largest absolute Gasteiger partial charge is 0.291 e. The van der Waals surface area contributed by atoms with Crippen LogP contribution in [0.2, 0.25) is 0 Å². The second-order valence-electron chi connectivity index (χ2n) is 1.99. The Morgan fingerprint density at radius 2 is 2.50 bits per heavy atom. The van der Waals surface area contributed by atoms with Crippen molar-refractivity contribution in [1.82, 2.24) is 9.97 Å². The van der Waals surface area contributed by atoms with Crippen molar-refractivity contribution < 1.29 is 4.79 Å². The zero-order chi connectivity index (χ0) is 8.97. The molecule has 1 heterocycles. The van der Waals surface area contributed by atoms with Gasteiger partial charge in [0.1, 0.15) is 5.69 Å². The number of Topliss-reactive ketones (excluding diaryl/α,β-unsaturated/α-hetero) is 1. The standard InChI is InChI=1S/C7H7BrN2OS/c1-12-7-9-3-2-5(10-7)6(11)4-8/h2-3H,4H2,1H3. The third-order valence-electron chi connectivity index (χ3n) is 1.22. The smallest absolute Gasteiger partial charge is 0.191 e. The summed E-state index contributed by atoms with van der Waals surface area (Å²) in [7, 11) is 0. The number of hydrogen-bond donors (Lipinski definition) is 0. The van der Waals surface area contributed by atoms with Gasteiger partial charge in [-0.25, -0.2) is 9.97 Å². The molecule has 3 nitrogen and oxygen atoms in total. The number of ketones is 1. The van der Waals surface area contributed by atoms with Gasteiger partial charge < -0.3 is 0 Å².